The number of hydrogen-bond acceptors (Lipinski definition) is 2. The molecule has 0 aliphatic heterocycles. The van der Waals surface area contributed by atoms with Crippen molar-refractivity contribution in [2.24, 2.45) is 11.7 Å². The molecule has 62 valence electrons. The van der Waals surface area contributed by atoms with Crippen molar-refractivity contribution in [2.75, 3.05) is 5.75 Å². The molecule has 0 rings (SSSR count). The first-order chi connectivity index (χ1) is 4.54. The predicted molar refractivity (Wildman–Crippen MR) is 50.4 cm³/mol. The van der Waals surface area contributed by atoms with Crippen LogP contribution in [0.5, 0.6) is 0 Å². The summed E-state index contributed by atoms with van der Waals surface area (Å²) in [6.45, 7) is 8.81. The summed E-state index contributed by atoms with van der Waals surface area (Å²) in [6.07, 6.45) is 0. The molecule has 0 heterocycles. The zero-order valence-corrected chi connectivity index (χ0v) is 8.24. The SMILES string of the molecule is CC(N)CSC(C)C(C)C. The summed E-state index contributed by atoms with van der Waals surface area (Å²) >= 11 is 1.97. The van der Waals surface area contributed by atoms with Crippen molar-refractivity contribution in [2.45, 2.75) is 39.0 Å². The molecule has 10 heavy (non-hydrogen) atoms. The van der Waals surface area contributed by atoms with Crippen LogP contribution in [-0.4, -0.2) is 17.0 Å². The second kappa shape index (κ2) is 5.03. The van der Waals surface area contributed by atoms with E-state index in [1.54, 1.807) is 0 Å². The minimum atomic E-state index is 0.339. The molecule has 0 amide bonds. The second-order valence-corrected chi connectivity index (χ2v) is 4.67. The second-order valence-electron chi connectivity index (χ2n) is 3.26. The van der Waals surface area contributed by atoms with Crippen LogP contribution < -0.4 is 5.73 Å². The molecule has 0 aliphatic rings. The topological polar surface area (TPSA) is 26.0 Å². The lowest BCUT2D eigenvalue weighted by atomic mass is 10.2. The van der Waals surface area contributed by atoms with Crippen molar-refractivity contribution in [3.05, 3.63) is 0 Å². The first kappa shape index (κ1) is 10.3. The maximum Gasteiger partial charge on any atom is 0.0102 e. The van der Waals surface area contributed by atoms with E-state index in [2.05, 4.69) is 27.7 Å². The molecule has 0 aliphatic carbocycles. The van der Waals surface area contributed by atoms with Crippen molar-refractivity contribution < 1.29 is 0 Å². The molecule has 0 saturated heterocycles. The maximum absolute atomic E-state index is 5.62. The molecular formula is C8H19NS. The van der Waals surface area contributed by atoms with Crippen molar-refractivity contribution in [1.82, 2.24) is 0 Å². The largest absolute Gasteiger partial charge is 0.327 e. The van der Waals surface area contributed by atoms with Gasteiger partial charge in [0, 0.05) is 17.0 Å². The van der Waals surface area contributed by atoms with Gasteiger partial charge >= 0.3 is 0 Å². The molecule has 1 nitrogen and oxygen atoms in total. The highest BCUT2D eigenvalue weighted by molar-refractivity contribution is 7.99. The molecule has 0 radical (unpaired) electrons. The van der Waals surface area contributed by atoms with Crippen LogP contribution in [0.2, 0.25) is 0 Å². The molecule has 0 aromatic rings. The first-order valence-corrected chi connectivity index (χ1v) is 4.96. The molecule has 0 saturated carbocycles. The van der Waals surface area contributed by atoms with Crippen LogP contribution >= 0.6 is 11.8 Å². The number of hydrogen-bond donors (Lipinski definition) is 1. The van der Waals surface area contributed by atoms with Gasteiger partial charge in [-0.2, -0.15) is 11.8 Å². The van der Waals surface area contributed by atoms with Gasteiger partial charge in [-0.15, -0.1) is 0 Å². The number of nitrogens with two attached hydrogens (primary N) is 1. The molecule has 0 fully saturated rings. The van der Waals surface area contributed by atoms with Crippen molar-refractivity contribution in [3.63, 3.8) is 0 Å². The third-order valence-electron chi connectivity index (χ3n) is 1.56. The Morgan fingerprint density at radius 3 is 2.00 bits per heavy atom. The van der Waals surface area contributed by atoms with Gasteiger partial charge in [0.25, 0.3) is 0 Å². The van der Waals surface area contributed by atoms with E-state index < -0.39 is 0 Å². The van der Waals surface area contributed by atoms with Gasteiger partial charge in [0.1, 0.15) is 0 Å². The van der Waals surface area contributed by atoms with Gasteiger partial charge in [-0.25, -0.2) is 0 Å². The Hall–Kier alpha value is 0.310. The Morgan fingerprint density at radius 1 is 1.20 bits per heavy atom. The van der Waals surface area contributed by atoms with Gasteiger partial charge < -0.3 is 5.73 Å². The van der Waals surface area contributed by atoms with Crippen LogP contribution in [0.3, 0.4) is 0 Å². The molecule has 2 atom stereocenters. The summed E-state index contributed by atoms with van der Waals surface area (Å²) in [5.74, 6) is 1.85. The lowest BCUT2D eigenvalue weighted by molar-refractivity contribution is 0.640. The lowest BCUT2D eigenvalue weighted by Crippen LogP contribution is -2.20. The Balaban J connectivity index is 3.30. The van der Waals surface area contributed by atoms with E-state index in [4.69, 9.17) is 5.73 Å². The van der Waals surface area contributed by atoms with Crippen molar-refractivity contribution in [1.29, 1.82) is 0 Å². The zero-order valence-electron chi connectivity index (χ0n) is 7.42. The normalized spacial score (nSPS) is 17.4. The lowest BCUT2D eigenvalue weighted by Gasteiger charge is -2.15. The molecule has 0 aromatic carbocycles. The van der Waals surface area contributed by atoms with E-state index in [1.165, 1.54) is 0 Å². The summed E-state index contributed by atoms with van der Waals surface area (Å²) in [6, 6.07) is 0.339. The minimum Gasteiger partial charge on any atom is -0.327 e. The third kappa shape index (κ3) is 5.12. The van der Waals surface area contributed by atoms with Gasteiger partial charge in [-0.05, 0) is 12.8 Å². The summed E-state index contributed by atoms with van der Waals surface area (Å²) in [7, 11) is 0. The molecule has 2 heteroatoms. The smallest absolute Gasteiger partial charge is 0.0102 e. The maximum atomic E-state index is 5.62. The van der Waals surface area contributed by atoms with E-state index in [9.17, 15) is 0 Å². The fourth-order valence-electron chi connectivity index (χ4n) is 0.496. The quantitative estimate of drug-likeness (QED) is 0.683. The Kier molecular flexibility index (Phi) is 5.18. The predicted octanol–water partition coefficient (Wildman–Crippen LogP) is 2.11. The van der Waals surface area contributed by atoms with Crippen LogP contribution in [0.1, 0.15) is 27.7 Å². The van der Waals surface area contributed by atoms with E-state index in [-0.39, 0.29) is 0 Å². The summed E-state index contributed by atoms with van der Waals surface area (Å²) in [4.78, 5) is 0. The molecule has 0 aromatic heterocycles. The Morgan fingerprint density at radius 2 is 1.70 bits per heavy atom. The monoisotopic (exact) mass is 161 g/mol. The molecular weight excluding hydrogens is 142 g/mol. The summed E-state index contributed by atoms with van der Waals surface area (Å²) in [5, 5.41) is 0.742. The zero-order chi connectivity index (χ0) is 8.15. The summed E-state index contributed by atoms with van der Waals surface area (Å²) < 4.78 is 0. The van der Waals surface area contributed by atoms with E-state index in [0.29, 0.717) is 6.04 Å². The van der Waals surface area contributed by atoms with Crippen LogP contribution in [0.25, 0.3) is 0 Å². The standard InChI is InChI=1S/C8H19NS/c1-6(2)8(4)10-5-7(3)9/h6-8H,5,9H2,1-4H3. The summed E-state index contributed by atoms with van der Waals surface area (Å²) in [5.41, 5.74) is 5.62. The molecule has 0 spiro atoms. The first-order valence-electron chi connectivity index (χ1n) is 3.91. The van der Waals surface area contributed by atoms with E-state index >= 15 is 0 Å². The van der Waals surface area contributed by atoms with Gasteiger partial charge in [0.15, 0.2) is 0 Å². The van der Waals surface area contributed by atoms with Crippen LogP contribution in [0.4, 0.5) is 0 Å². The van der Waals surface area contributed by atoms with E-state index in [0.717, 1.165) is 16.9 Å². The fraction of sp³-hybridized carbons (Fsp3) is 1.00. The third-order valence-corrected chi connectivity index (χ3v) is 3.35. The van der Waals surface area contributed by atoms with Gasteiger partial charge in [0.05, 0.1) is 0 Å². The average molecular weight is 161 g/mol. The fourth-order valence-corrected chi connectivity index (χ4v) is 1.49. The molecule has 2 unspecified atom stereocenters. The Labute approximate surface area is 68.8 Å². The van der Waals surface area contributed by atoms with Crippen LogP contribution in [0.15, 0.2) is 0 Å². The number of rotatable bonds is 4. The van der Waals surface area contributed by atoms with Crippen molar-refractivity contribution >= 4 is 11.8 Å². The van der Waals surface area contributed by atoms with Gasteiger partial charge in [-0.1, -0.05) is 20.8 Å². The molecule has 2 N–H and O–H groups in total. The highest BCUT2D eigenvalue weighted by atomic mass is 32.2. The minimum absolute atomic E-state index is 0.339. The van der Waals surface area contributed by atoms with Crippen LogP contribution in [-0.2, 0) is 0 Å². The van der Waals surface area contributed by atoms with Gasteiger partial charge in [-0.3, -0.25) is 0 Å². The molecule has 0 bridgehead atoms. The highest BCUT2D eigenvalue weighted by Gasteiger charge is 2.07. The highest BCUT2D eigenvalue weighted by Crippen LogP contribution is 2.18. The van der Waals surface area contributed by atoms with E-state index in [1.807, 2.05) is 11.8 Å². The van der Waals surface area contributed by atoms with Crippen molar-refractivity contribution in [3.8, 4) is 0 Å². The Bertz CT molecular complexity index is 81.3. The number of thioether (sulfide) groups is 1. The van der Waals surface area contributed by atoms with Gasteiger partial charge in [0.2, 0.25) is 0 Å². The van der Waals surface area contributed by atoms with Crippen LogP contribution in [0, 0.1) is 5.92 Å². The average Bonchev–Trinajstić information content (AvgIpc) is 1.82.